The van der Waals surface area contributed by atoms with Crippen molar-refractivity contribution in [3.8, 4) is 0 Å². The average molecular weight is 225 g/mol. The summed E-state index contributed by atoms with van der Waals surface area (Å²) in [4.78, 5) is 0. The highest BCUT2D eigenvalue weighted by Gasteiger charge is 2.16. The van der Waals surface area contributed by atoms with Gasteiger partial charge in [0.25, 0.3) is 0 Å². The molecule has 0 atom stereocenters. The fraction of sp³-hybridized carbons (Fsp3) is 1.00. The maximum absolute atomic E-state index is 11.3. The van der Waals surface area contributed by atoms with Gasteiger partial charge >= 0.3 is 0 Å². The van der Waals surface area contributed by atoms with Crippen molar-refractivity contribution in [2.24, 2.45) is 5.92 Å². The van der Waals surface area contributed by atoms with E-state index in [2.05, 4.69) is 4.72 Å². The van der Waals surface area contributed by atoms with Crippen LogP contribution in [0, 0.1) is 5.92 Å². The van der Waals surface area contributed by atoms with Crippen LogP contribution in [0.1, 0.15) is 20.3 Å². The molecule has 0 saturated carbocycles. The van der Waals surface area contributed by atoms with Gasteiger partial charge in [0, 0.05) is 0 Å². The van der Waals surface area contributed by atoms with E-state index in [0.29, 0.717) is 12.3 Å². The molecule has 86 valence electrons. The summed E-state index contributed by atoms with van der Waals surface area (Å²) in [6.45, 7) is 3.09. The Balaban J connectivity index is 4.06. The van der Waals surface area contributed by atoms with Gasteiger partial charge in [-0.25, -0.2) is 13.1 Å². The van der Waals surface area contributed by atoms with E-state index in [1.54, 1.807) is 0 Å². The van der Waals surface area contributed by atoms with Crippen LogP contribution in [0.25, 0.3) is 0 Å². The summed E-state index contributed by atoms with van der Waals surface area (Å²) in [5, 5.41) is 17.4. The highest BCUT2D eigenvalue weighted by molar-refractivity contribution is 7.89. The lowest BCUT2D eigenvalue weighted by atomic mass is 10.2. The average Bonchev–Trinajstić information content (AvgIpc) is 2.11. The quantitative estimate of drug-likeness (QED) is 0.535. The van der Waals surface area contributed by atoms with Crippen molar-refractivity contribution >= 4 is 10.0 Å². The predicted octanol–water partition coefficient (Wildman–Crippen LogP) is -0.695. The first-order valence-electron chi connectivity index (χ1n) is 4.63. The van der Waals surface area contributed by atoms with Crippen molar-refractivity contribution in [2.45, 2.75) is 26.3 Å². The zero-order valence-corrected chi connectivity index (χ0v) is 9.42. The van der Waals surface area contributed by atoms with Crippen LogP contribution < -0.4 is 4.72 Å². The molecule has 3 N–H and O–H groups in total. The van der Waals surface area contributed by atoms with Gasteiger partial charge in [-0.05, 0) is 12.3 Å². The minimum Gasteiger partial charge on any atom is -0.395 e. The molecule has 0 rings (SSSR count). The first-order chi connectivity index (χ1) is 6.41. The zero-order chi connectivity index (χ0) is 11.2. The van der Waals surface area contributed by atoms with E-state index in [1.165, 1.54) is 0 Å². The fourth-order valence-corrected chi connectivity index (χ4v) is 2.39. The summed E-state index contributed by atoms with van der Waals surface area (Å²) in [6, 6.07) is -0.785. The highest BCUT2D eigenvalue weighted by atomic mass is 32.2. The van der Waals surface area contributed by atoms with Gasteiger partial charge < -0.3 is 10.2 Å². The molecular weight excluding hydrogens is 206 g/mol. The van der Waals surface area contributed by atoms with Crippen LogP contribution in [0.2, 0.25) is 0 Å². The Kier molecular flexibility index (Phi) is 6.26. The van der Waals surface area contributed by atoms with Crippen LogP contribution in [0.5, 0.6) is 0 Å². The maximum atomic E-state index is 11.3. The minimum atomic E-state index is -3.37. The van der Waals surface area contributed by atoms with E-state index >= 15 is 0 Å². The van der Waals surface area contributed by atoms with Gasteiger partial charge in [0.15, 0.2) is 0 Å². The molecule has 0 aromatic rings. The number of hydrogen-bond acceptors (Lipinski definition) is 4. The molecule has 5 nitrogen and oxygen atoms in total. The summed E-state index contributed by atoms with van der Waals surface area (Å²) >= 11 is 0. The Morgan fingerprint density at radius 3 is 2.07 bits per heavy atom. The third-order valence-corrected chi connectivity index (χ3v) is 3.22. The number of aliphatic hydroxyl groups excluding tert-OH is 2. The lowest BCUT2D eigenvalue weighted by Gasteiger charge is -2.14. The van der Waals surface area contributed by atoms with Crippen molar-refractivity contribution in [1.82, 2.24) is 4.72 Å². The highest BCUT2D eigenvalue weighted by Crippen LogP contribution is 2.02. The topological polar surface area (TPSA) is 86.6 Å². The molecule has 6 heteroatoms. The molecular formula is C8H19NO4S. The van der Waals surface area contributed by atoms with Gasteiger partial charge in [0.1, 0.15) is 0 Å². The number of hydrogen-bond donors (Lipinski definition) is 3. The second kappa shape index (κ2) is 6.34. The van der Waals surface area contributed by atoms with E-state index in [-0.39, 0.29) is 5.75 Å². The van der Waals surface area contributed by atoms with E-state index in [0.717, 1.165) is 0 Å². The molecule has 0 aliphatic heterocycles. The molecule has 0 aliphatic carbocycles. The smallest absolute Gasteiger partial charge is 0.212 e. The van der Waals surface area contributed by atoms with Crippen molar-refractivity contribution in [3.05, 3.63) is 0 Å². The van der Waals surface area contributed by atoms with Gasteiger partial charge in [0.2, 0.25) is 10.0 Å². The Morgan fingerprint density at radius 1 is 1.21 bits per heavy atom. The summed E-state index contributed by atoms with van der Waals surface area (Å²) < 4.78 is 24.9. The largest absolute Gasteiger partial charge is 0.395 e. The number of rotatable bonds is 7. The van der Waals surface area contributed by atoms with Crippen LogP contribution in [-0.2, 0) is 10.0 Å². The van der Waals surface area contributed by atoms with Gasteiger partial charge in [-0.1, -0.05) is 13.8 Å². The third-order valence-electron chi connectivity index (χ3n) is 1.75. The summed E-state index contributed by atoms with van der Waals surface area (Å²) in [6.07, 6.45) is 0.568. The van der Waals surface area contributed by atoms with Crippen LogP contribution in [0.3, 0.4) is 0 Å². The van der Waals surface area contributed by atoms with E-state index in [1.807, 2.05) is 13.8 Å². The predicted molar refractivity (Wildman–Crippen MR) is 54.3 cm³/mol. The van der Waals surface area contributed by atoms with E-state index < -0.39 is 29.3 Å². The van der Waals surface area contributed by atoms with Gasteiger partial charge in [-0.15, -0.1) is 0 Å². The van der Waals surface area contributed by atoms with Crippen molar-refractivity contribution < 1.29 is 18.6 Å². The van der Waals surface area contributed by atoms with Crippen LogP contribution in [0.4, 0.5) is 0 Å². The Labute approximate surface area is 85.2 Å². The van der Waals surface area contributed by atoms with Crippen LogP contribution in [-0.4, -0.2) is 43.6 Å². The molecule has 0 heterocycles. The van der Waals surface area contributed by atoms with Crippen molar-refractivity contribution in [2.75, 3.05) is 19.0 Å². The monoisotopic (exact) mass is 225 g/mol. The molecule has 0 bridgehead atoms. The molecule has 14 heavy (non-hydrogen) atoms. The van der Waals surface area contributed by atoms with Crippen LogP contribution in [0.15, 0.2) is 0 Å². The summed E-state index contributed by atoms with van der Waals surface area (Å²) in [5.74, 6) is 0.342. The lowest BCUT2D eigenvalue weighted by Crippen LogP contribution is -2.41. The lowest BCUT2D eigenvalue weighted by molar-refractivity contribution is 0.185. The van der Waals surface area contributed by atoms with Crippen LogP contribution >= 0.6 is 0 Å². The second-order valence-corrected chi connectivity index (χ2v) is 5.55. The molecule has 0 aromatic carbocycles. The van der Waals surface area contributed by atoms with E-state index in [9.17, 15) is 8.42 Å². The Bertz CT molecular complexity index is 234. The molecule has 0 amide bonds. The zero-order valence-electron chi connectivity index (χ0n) is 8.60. The fourth-order valence-electron chi connectivity index (χ4n) is 0.836. The van der Waals surface area contributed by atoms with Gasteiger partial charge in [0.05, 0.1) is 25.0 Å². The Hall–Kier alpha value is -0.170. The first kappa shape index (κ1) is 13.8. The molecule has 0 unspecified atom stereocenters. The molecule has 0 aromatic heterocycles. The molecule has 0 saturated heterocycles. The number of sulfonamides is 1. The number of nitrogens with one attached hydrogen (secondary N) is 1. The molecule has 0 radical (unpaired) electrons. The van der Waals surface area contributed by atoms with Gasteiger partial charge in [-0.2, -0.15) is 0 Å². The standard InChI is InChI=1S/C8H19NO4S/c1-7(2)3-4-14(12,13)9-8(5-10)6-11/h7-11H,3-6H2,1-2H3. The summed E-state index contributed by atoms with van der Waals surface area (Å²) in [7, 11) is -3.37. The Morgan fingerprint density at radius 2 is 1.71 bits per heavy atom. The second-order valence-electron chi connectivity index (χ2n) is 3.68. The molecule has 0 aliphatic rings. The van der Waals surface area contributed by atoms with E-state index in [4.69, 9.17) is 10.2 Å². The number of aliphatic hydroxyl groups is 2. The molecule has 0 fully saturated rings. The normalized spacial score (nSPS) is 12.7. The minimum absolute atomic E-state index is 0.0289. The molecule has 0 spiro atoms. The van der Waals surface area contributed by atoms with Crippen molar-refractivity contribution in [1.29, 1.82) is 0 Å². The van der Waals surface area contributed by atoms with Crippen molar-refractivity contribution in [3.63, 3.8) is 0 Å². The maximum Gasteiger partial charge on any atom is 0.212 e. The SMILES string of the molecule is CC(C)CCS(=O)(=O)NC(CO)CO. The first-order valence-corrected chi connectivity index (χ1v) is 6.28. The van der Waals surface area contributed by atoms with Gasteiger partial charge in [-0.3, -0.25) is 0 Å². The summed E-state index contributed by atoms with van der Waals surface area (Å²) in [5.41, 5.74) is 0. The third kappa shape index (κ3) is 6.31.